The summed E-state index contributed by atoms with van der Waals surface area (Å²) in [6.45, 7) is 0.833. The lowest BCUT2D eigenvalue weighted by atomic mass is 10.0. The maximum absolute atomic E-state index is 13.8. The fourth-order valence-corrected chi connectivity index (χ4v) is 5.96. The molecule has 0 spiro atoms. The molecule has 10 heteroatoms. The van der Waals surface area contributed by atoms with Gasteiger partial charge in [-0.2, -0.15) is 10.2 Å². The van der Waals surface area contributed by atoms with Crippen LogP contribution in [-0.4, -0.2) is 60.9 Å². The summed E-state index contributed by atoms with van der Waals surface area (Å²) in [6, 6.07) is 18.8. The molecule has 7 rings (SSSR count). The van der Waals surface area contributed by atoms with Crippen molar-refractivity contribution in [3.63, 3.8) is 0 Å². The van der Waals surface area contributed by atoms with E-state index in [1.54, 1.807) is 33.9 Å². The second kappa shape index (κ2) is 9.06. The molecule has 0 aliphatic carbocycles. The summed E-state index contributed by atoms with van der Waals surface area (Å²) in [5.41, 5.74) is 5.32. The largest absolute Gasteiger partial charge is 0.324 e. The van der Waals surface area contributed by atoms with Crippen LogP contribution in [0.1, 0.15) is 27.3 Å². The minimum absolute atomic E-state index is 0.153. The lowest BCUT2D eigenvalue weighted by Gasteiger charge is -2.34. The number of halogens is 1. The molecular formula is C29H24ClN7O2. The summed E-state index contributed by atoms with van der Waals surface area (Å²) in [5, 5.41) is 10.9. The fourth-order valence-electron chi connectivity index (χ4n) is 5.68. The average Bonchev–Trinajstić information content (AvgIpc) is 3.47. The van der Waals surface area contributed by atoms with E-state index in [0.717, 1.165) is 39.1 Å². The molecule has 9 nitrogen and oxygen atoms in total. The van der Waals surface area contributed by atoms with Crippen LogP contribution in [0.4, 0.5) is 5.69 Å². The van der Waals surface area contributed by atoms with Gasteiger partial charge in [-0.25, -0.2) is 9.36 Å². The number of rotatable bonds is 4. The van der Waals surface area contributed by atoms with Gasteiger partial charge in [-0.1, -0.05) is 48.0 Å². The third-order valence-electron chi connectivity index (χ3n) is 7.61. The summed E-state index contributed by atoms with van der Waals surface area (Å²) in [5.74, 6) is -0.439. The predicted molar refractivity (Wildman–Crippen MR) is 147 cm³/mol. The normalized spacial score (nSPS) is 17.0. The lowest BCUT2D eigenvalue weighted by molar-refractivity contribution is -0.122. The van der Waals surface area contributed by atoms with E-state index in [2.05, 4.69) is 10.1 Å². The van der Waals surface area contributed by atoms with Crippen LogP contribution in [-0.2, 0) is 24.2 Å². The van der Waals surface area contributed by atoms with Crippen LogP contribution < -0.4 is 4.90 Å². The van der Waals surface area contributed by atoms with Crippen LogP contribution in [0.5, 0.6) is 0 Å². The van der Waals surface area contributed by atoms with Gasteiger partial charge in [-0.05, 0) is 36.2 Å². The second-order valence-electron chi connectivity index (χ2n) is 9.87. The molecule has 0 fully saturated rings. The molecule has 2 aliphatic heterocycles. The highest BCUT2D eigenvalue weighted by Gasteiger charge is 2.41. The molecule has 39 heavy (non-hydrogen) atoms. The zero-order valence-corrected chi connectivity index (χ0v) is 21.9. The van der Waals surface area contributed by atoms with Gasteiger partial charge in [-0.15, -0.1) is 0 Å². The Bertz CT molecular complexity index is 1750. The van der Waals surface area contributed by atoms with Crippen molar-refractivity contribution in [2.75, 3.05) is 18.5 Å². The average molecular weight is 538 g/mol. The molecule has 0 N–H and O–H groups in total. The molecule has 2 aliphatic rings. The third kappa shape index (κ3) is 3.72. The highest BCUT2D eigenvalue weighted by atomic mass is 35.5. The lowest BCUT2D eigenvalue weighted by Crippen LogP contribution is -2.53. The first-order chi connectivity index (χ1) is 19.0. The van der Waals surface area contributed by atoms with Gasteiger partial charge in [-0.3, -0.25) is 14.6 Å². The van der Waals surface area contributed by atoms with Crippen molar-refractivity contribution in [2.45, 2.75) is 25.4 Å². The quantitative estimate of drug-likeness (QED) is 0.347. The molecule has 0 unspecified atom stereocenters. The first-order valence-electron chi connectivity index (χ1n) is 12.8. The van der Waals surface area contributed by atoms with Crippen LogP contribution in [0.3, 0.4) is 0 Å². The molecule has 0 saturated carbocycles. The Labute approximate surface area is 229 Å². The Morgan fingerprint density at radius 1 is 1.00 bits per heavy atom. The number of carbonyl (C=O) groups is 2. The number of pyridine rings is 1. The number of aromatic nitrogens is 5. The van der Waals surface area contributed by atoms with E-state index < -0.39 is 6.04 Å². The predicted octanol–water partition coefficient (Wildman–Crippen LogP) is 3.90. The first kappa shape index (κ1) is 23.6. The Morgan fingerprint density at radius 2 is 1.85 bits per heavy atom. The standard InChI is InChI=1S/C29H24ClN7O2/c1-34-22-10-5-11-23-25(22)21(32-37(23)19-9-6-13-31-16-19)15-24(28(34)38)35-14-12-20-26(29(35)39)33-36(27(20)30)17-18-7-3-2-4-8-18/h2-11,13,16,24H,12,14-15,17H2,1H3/t24-/m0/s1. The van der Waals surface area contributed by atoms with Crippen LogP contribution in [0.2, 0.25) is 5.15 Å². The highest BCUT2D eigenvalue weighted by molar-refractivity contribution is 6.31. The van der Waals surface area contributed by atoms with Gasteiger partial charge in [0, 0.05) is 37.2 Å². The number of anilines is 1. The fraction of sp³-hybridized carbons (Fsp3) is 0.207. The monoisotopic (exact) mass is 537 g/mol. The number of hydrogen-bond acceptors (Lipinski definition) is 5. The van der Waals surface area contributed by atoms with E-state index >= 15 is 0 Å². The molecule has 5 aromatic rings. The second-order valence-corrected chi connectivity index (χ2v) is 10.2. The van der Waals surface area contributed by atoms with E-state index in [9.17, 15) is 9.59 Å². The first-order valence-corrected chi connectivity index (χ1v) is 13.2. The number of likely N-dealkylation sites (N-methyl/N-ethyl adjacent to an activating group) is 1. The Balaban J connectivity index is 1.26. The molecule has 194 valence electrons. The molecular weight excluding hydrogens is 514 g/mol. The van der Waals surface area contributed by atoms with Crippen molar-refractivity contribution >= 4 is 40.0 Å². The van der Waals surface area contributed by atoms with Crippen LogP contribution in [0, 0.1) is 0 Å². The molecule has 0 radical (unpaired) electrons. The minimum atomic E-state index is -0.721. The summed E-state index contributed by atoms with van der Waals surface area (Å²) in [4.78, 5) is 35.2. The Morgan fingerprint density at radius 3 is 2.64 bits per heavy atom. The van der Waals surface area contributed by atoms with Gasteiger partial charge >= 0.3 is 0 Å². The van der Waals surface area contributed by atoms with Gasteiger partial charge < -0.3 is 9.80 Å². The minimum Gasteiger partial charge on any atom is -0.324 e. The topological polar surface area (TPSA) is 89.2 Å². The Kier molecular flexibility index (Phi) is 5.48. The number of hydrogen-bond donors (Lipinski definition) is 0. The van der Waals surface area contributed by atoms with E-state index in [0.29, 0.717) is 36.8 Å². The molecule has 2 aromatic carbocycles. The maximum atomic E-state index is 13.8. The van der Waals surface area contributed by atoms with Crippen molar-refractivity contribution in [1.82, 2.24) is 29.4 Å². The van der Waals surface area contributed by atoms with Gasteiger partial charge in [0.15, 0.2) is 5.69 Å². The van der Waals surface area contributed by atoms with E-state index in [1.807, 2.05) is 65.3 Å². The molecule has 0 saturated heterocycles. The van der Waals surface area contributed by atoms with E-state index in [4.69, 9.17) is 16.7 Å². The van der Waals surface area contributed by atoms with Crippen molar-refractivity contribution in [3.05, 3.63) is 101 Å². The van der Waals surface area contributed by atoms with Crippen molar-refractivity contribution < 1.29 is 9.59 Å². The van der Waals surface area contributed by atoms with Crippen LogP contribution in [0.15, 0.2) is 73.1 Å². The van der Waals surface area contributed by atoms with Gasteiger partial charge in [0.05, 0.1) is 35.3 Å². The summed E-state index contributed by atoms with van der Waals surface area (Å²) < 4.78 is 3.52. The Hall–Kier alpha value is -4.50. The number of carbonyl (C=O) groups excluding carboxylic acids is 2. The van der Waals surface area contributed by atoms with E-state index in [1.165, 1.54) is 0 Å². The third-order valence-corrected chi connectivity index (χ3v) is 8.04. The SMILES string of the molecule is CN1C(=O)[C@@H](N2CCc3c(nn(Cc4ccccc4)c3Cl)C2=O)Cc2nn(-c3cccnc3)c3cccc1c23. The molecule has 3 aromatic heterocycles. The zero-order valence-electron chi connectivity index (χ0n) is 21.2. The molecule has 2 amide bonds. The van der Waals surface area contributed by atoms with Gasteiger partial charge in [0.25, 0.3) is 5.91 Å². The van der Waals surface area contributed by atoms with Crippen molar-refractivity contribution in [2.24, 2.45) is 0 Å². The summed E-state index contributed by atoms with van der Waals surface area (Å²) in [6.07, 6.45) is 4.29. The number of fused-ring (bicyclic) bond motifs is 1. The number of amides is 2. The van der Waals surface area contributed by atoms with Gasteiger partial charge in [0.2, 0.25) is 5.91 Å². The number of nitrogens with zero attached hydrogens (tertiary/aromatic N) is 7. The van der Waals surface area contributed by atoms with Crippen LogP contribution >= 0.6 is 11.6 Å². The zero-order chi connectivity index (χ0) is 26.7. The highest BCUT2D eigenvalue weighted by Crippen LogP contribution is 2.36. The van der Waals surface area contributed by atoms with E-state index in [-0.39, 0.29) is 11.8 Å². The molecule has 5 heterocycles. The molecule has 0 bridgehead atoms. The van der Waals surface area contributed by atoms with Crippen molar-refractivity contribution in [1.29, 1.82) is 0 Å². The molecule has 1 atom stereocenters. The summed E-state index contributed by atoms with van der Waals surface area (Å²) in [7, 11) is 1.76. The maximum Gasteiger partial charge on any atom is 0.275 e. The smallest absolute Gasteiger partial charge is 0.275 e. The van der Waals surface area contributed by atoms with Crippen LogP contribution in [0.25, 0.3) is 16.6 Å². The number of benzene rings is 2. The van der Waals surface area contributed by atoms with Gasteiger partial charge in [0.1, 0.15) is 11.2 Å². The van der Waals surface area contributed by atoms with Crippen molar-refractivity contribution in [3.8, 4) is 5.69 Å². The summed E-state index contributed by atoms with van der Waals surface area (Å²) >= 11 is 6.68.